The van der Waals surface area contributed by atoms with Crippen molar-refractivity contribution in [3.8, 4) is 5.75 Å². The number of carbonyl (C=O) groups excluding carboxylic acids is 3. The summed E-state index contributed by atoms with van der Waals surface area (Å²) in [5.74, 6) is -0.768. The number of sulfone groups is 1. The SMILES string of the molecule is CN(C(=O)COC(=O)CCN1C(=O)COc2ccccc21)[C@H]1CCS(=O)(=O)C1. The van der Waals surface area contributed by atoms with Gasteiger partial charge in [0.15, 0.2) is 23.1 Å². The number of ether oxygens (including phenoxy) is 2. The highest BCUT2D eigenvalue weighted by atomic mass is 32.2. The molecule has 0 unspecified atom stereocenters. The number of esters is 1. The van der Waals surface area contributed by atoms with Crippen molar-refractivity contribution in [2.75, 3.05) is 43.2 Å². The van der Waals surface area contributed by atoms with Crippen molar-refractivity contribution in [2.24, 2.45) is 0 Å². The molecular weight excluding hydrogens is 388 g/mol. The number of hydrogen-bond acceptors (Lipinski definition) is 7. The predicted molar refractivity (Wildman–Crippen MR) is 99.7 cm³/mol. The molecule has 2 aliphatic rings. The van der Waals surface area contributed by atoms with Gasteiger partial charge < -0.3 is 19.3 Å². The van der Waals surface area contributed by atoms with Crippen LogP contribution in [0.3, 0.4) is 0 Å². The molecule has 2 amide bonds. The third kappa shape index (κ3) is 4.61. The van der Waals surface area contributed by atoms with E-state index < -0.39 is 34.4 Å². The summed E-state index contributed by atoms with van der Waals surface area (Å²) in [5, 5.41) is 0. The Bertz CT molecular complexity index is 884. The molecule has 0 N–H and O–H groups in total. The third-order valence-electron chi connectivity index (χ3n) is 4.85. The first-order valence-electron chi connectivity index (χ1n) is 8.91. The van der Waals surface area contributed by atoms with Crippen LogP contribution in [0.25, 0.3) is 0 Å². The molecular formula is C18H22N2O7S. The average Bonchev–Trinajstić information content (AvgIpc) is 3.04. The highest BCUT2D eigenvalue weighted by molar-refractivity contribution is 7.91. The summed E-state index contributed by atoms with van der Waals surface area (Å²) in [6.45, 7) is -0.442. The Morgan fingerprint density at radius 1 is 1.32 bits per heavy atom. The molecule has 2 heterocycles. The standard InChI is InChI=1S/C18H22N2O7S/c1-19(13-7-9-28(24,25)12-13)16(21)10-27-18(23)6-8-20-14-4-2-3-5-15(14)26-11-17(20)22/h2-5,13H,6-12H2,1H3/t13-/m0/s1. The quantitative estimate of drug-likeness (QED) is 0.607. The Morgan fingerprint density at radius 2 is 2.07 bits per heavy atom. The highest BCUT2D eigenvalue weighted by Crippen LogP contribution is 2.31. The van der Waals surface area contributed by atoms with Crippen molar-refractivity contribution >= 4 is 33.3 Å². The van der Waals surface area contributed by atoms with Gasteiger partial charge in [0.25, 0.3) is 11.8 Å². The van der Waals surface area contributed by atoms with Gasteiger partial charge in [-0.3, -0.25) is 14.4 Å². The topological polar surface area (TPSA) is 110 Å². The normalized spacial score (nSPS) is 20.2. The van der Waals surface area contributed by atoms with Gasteiger partial charge in [-0.25, -0.2) is 8.42 Å². The lowest BCUT2D eigenvalue weighted by molar-refractivity contribution is -0.152. The molecule has 0 radical (unpaired) electrons. The number of hydrogen-bond donors (Lipinski definition) is 0. The van der Waals surface area contributed by atoms with E-state index in [4.69, 9.17) is 9.47 Å². The van der Waals surface area contributed by atoms with E-state index >= 15 is 0 Å². The number of carbonyl (C=O) groups is 3. The first-order valence-corrected chi connectivity index (χ1v) is 10.7. The molecule has 152 valence electrons. The number of benzene rings is 1. The van der Waals surface area contributed by atoms with Crippen molar-refractivity contribution in [1.29, 1.82) is 0 Å². The third-order valence-corrected chi connectivity index (χ3v) is 6.60. The zero-order chi connectivity index (χ0) is 20.3. The van der Waals surface area contributed by atoms with Gasteiger partial charge in [0.05, 0.1) is 23.6 Å². The van der Waals surface area contributed by atoms with Gasteiger partial charge in [0.1, 0.15) is 5.75 Å². The number of para-hydroxylation sites is 2. The van der Waals surface area contributed by atoms with E-state index in [0.717, 1.165) is 0 Å². The smallest absolute Gasteiger partial charge is 0.308 e. The first kappa shape index (κ1) is 20.1. The Kier molecular flexibility index (Phi) is 5.87. The lowest BCUT2D eigenvalue weighted by Crippen LogP contribution is -2.41. The molecule has 0 aliphatic carbocycles. The molecule has 0 bridgehead atoms. The van der Waals surface area contributed by atoms with Crippen LogP contribution in [0.5, 0.6) is 5.75 Å². The number of amides is 2. The van der Waals surface area contributed by atoms with Crippen LogP contribution in [0.2, 0.25) is 0 Å². The molecule has 1 aromatic carbocycles. The number of likely N-dealkylation sites (N-methyl/N-ethyl adjacent to an activating group) is 1. The maximum atomic E-state index is 12.1. The summed E-state index contributed by atoms with van der Waals surface area (Å²) in [7, 11) is -1.60. The highest BCUT2D eigenvalue weighted by Gasteiger charge is 2.33. The van der Waals surface area contributed by atoms with E-state index in [9.17, 15) is 22.8 Å². The van der Waals surface area contributed by atoms with Crippen molar-refractivity contribution in [3.63, 3.8) is 0 Å². The molecule has 10 heteroatoms. The molecule has 2 aliphatic heterocycles. The molecule has 0 aromatic heterocycles. The molecule has 1 aromatic rings. The van der Waals surface area contributed by atoms with Crippen LogP contribution in [0.1, 0.15) is 12.8 Å². The molecule has 3 rings (SSSR count). The maximum absolute atomic E-state index is 12.1. The van der Waals surface area contributed by atoms with Crippen LogP contribution in [0.4, 0.5) is 5.69 Å². The number of fused-ring (bicyclic) bond motifs is 1. The zero-order valence-electron chi connectivity index (χ0n) is 15.5. The lowest BCUT2D eigenvalue weighted by Gasteiger charge is -2.29. The Labute approximate surface area is 163 Å². The fourth-order valence-electron chi connectivity index (χ4n) is 3.20. The monoisotopic (exact) mass is 410 g/mol. The van der Waals surface area contributed by atoms with Crippen molar-refractivity contribution in [3.05, 3.63) is 24.3 Å². The van der Waals surface area contributed by atoms with E-state index in [2.05, 4.69) is 0 Å². The molecule has 28 heavy (non-hydrogen) atoms. The summed E-state index contributed by atoms with van der Waals surface area (Å²) in [5.41, 5.74) is 0.588. The van der Waals surface area contributed by atoms with Crippen molar-refractivity contribution in [1.82, 2.24) is 4.90 Å². The second-order valence-electron chi connectivity index (χ2n) is 6.77. The Balaban J connectivity index is 1.47. The molecule has 1 fully saturated rings. The summed E-state index contributed by atoms with van der Waals surface area (Å²) in [6.07, 6.45) is 0.311. The van der Waals surface area contributed by atoms with Crippen LogP contribution in [0.15, 0.2) is 24.3 Å². The zero-order valence-corrected chi connectivity index (χ0v) is 16.3. The lowest BCUT2D eigenvalue weighted by atomic mass is 10.2. The van der Waals surface area contributed by atoms with Crippen LogP contribution < -0.4 is 9.64 Å². The van der Waals surface area contributed by atoms with Gasteiger partial charge in [0.2, 0.25) is 0 Å². The molecule has 1 saturated heterocycles. The summed E-state index contributed by atoms with van der Waals surface area (Å²) >= 11 is 0. The summed E-state index contributed by atoms with van der Waals surface area (Å²) in [4.78, 5) is 39.0. The van der Waals surface area contributed by atoms with Crippen LogP contribution >= 0.6 is 0 Å². The van der Waals surface area contributed by atoms with Gasteiger partial charge in [-0.2, -0.15) is 0 Å². The number of anilines is 1. The summed E-state index contributed by atoms with van der Waals surface area (Å²) < 4.78 is 33.4. The second-order valence-corrected chi connectivity index (χ2v) is 9.00. The van der Waals surface area contributed by atoms with Crippen LogP contribution in [-0.4, -0.2) is 75.5 Å². The van der Waals surface area contributed by atoms with E-state index in [-0.39, 0.29) is 37.0 Å². The molecule has 1 atom stereocenters. The molecule has 0 saturated carbocycles. The van der Waals surface area contributed by atoms with Gasteiger partial charge in [-0.05, 0) is 18.6 Å². The fourth-order valence-corrected chi connectivity index (χ4v) is 4.98. The van der Waals surface area contributed by atoms with Gasteiger partial charge in [0, 0.05) is 19.6 Å². The van der Waals surface area contributed by atoms with Gasteiger partial charge in [-0.15, -0.1) is 0 Å². The minimum atomic E-state index is -3.11. The largest absolute Gasteiger partial charge is 0.482 e. The molecule has 9 nitrogen and oxygen atoms in total. The first-order chi connectivity index (χ1) is 13.3. The predicted octanol–water partition coefficient (Wildman–Crippen LogP) is -0.00920. The maximum Gasteiger partial charge on any atom is 0.308 e. The van der Waals surface area contributed by atoms with E-state index in [0.29, 0.717) is 17.9 Å². The van der Waals surface area contributed by atoms with Gasteiger partial charge >= 0.3 is 5.97 Å². The average molecular weight is 410 g/mol. The number of rotatable bonds is 6. The van der Waals surface area contributed by atoms with E-state index in [1.165, 1.54) is 16.8 Å². The number of nitrogens with zero attached hydrogens (tertiary/aromatic N) is 2. The Hall–Kier alpha value is -2.62. The van der Waals surface area contributed by atoms with Crippen LogP contribution in [-0.2, 0) is 29.0 Å². The van der Waals surface area contributed by atoms with Crippen molar-refractivity contribution < 1.29 is 32.3 Å². The second kappa shape index (κ2) is 8.17. The molecule has 0 spiro atoms. The van der Waals surface area contributed by atoms with E-state index in [1.807, 2.05) is 0 Å². The van der Waals surface area contributed by atoms with Crippen LogP contribution in [0, 0.1) is 0 Å². The Morgan fingerprint density at radius 3 is 2.79 bits per heavy atom. The fraction of sp³-hybridized carbons (Fsp3) is 0.500. The van der Waals surface area contributed by atoms with E-state index in [1.54, 1.807) is 24.3 Å². The minimum absolute atomic E-state index is 0.0596. The minimum Gasteiger partial charge on any atom is -0.482 e. The summed E-state index contributed by atoms with van der Waals surface area (Å²) in [6, 6.07) is 6.64. The van der Waals surface area contributed by atoms with Gasteiger partial charge in [-0.1, -0.05) is 12.1 Å². The van der Waals surface area contributed by atoms with Crippen molar-refractivity contribution in [2.45, 2.75) is 18.9 Å².